The molecular weight excluding hydrogens is 342 g/mol. The second-order valence-corrected chi connectivity index (χ2v) is 5.17. The monoisotopic (exact) mass is 356 g/mol. The van der Waals surface area contributed by atoms with Crippen LogP contribution in [0.25, 0.3) is 0 Å². The zero-order valence-electron chi connectivity index (χ0n) is 13.7. The second kappa shape index (κ2) is 7.56. The molecule has 0 unspecified atom stereocenters. The number of rotatable bonds is 5. The molecule has 0 bridgehead atoms. The zero-order chi connectivity index (χ0) is 18.5. The van der Waals surface area contributed by atoms with E-state index in [-0.39, 0.29) is 17.2 Å². The molecule has 2 aromatic carbocycles. The van der Waals surface area contributed by atoms with E-state index >= 15 is 0 Å². The molecule has 3 rings (SSSR count). The van der Waals surface area contributed by atoms with E-state index < -0.39 is 17.5 Å². The average Bonchev–Trinajstić information content (AvgIpc) is 2.66. The number of halogens is 2. The second-order valence-electron chi connectivity index (χ2n) is 5.17. The largest absolute Gasteiger partial charge is 0.495 e. The van der Waals surface area contributed by atoms with Gasteiger partial charge in [0.1, 0.15) is 23.1 Å². The van der Waals surface area contributed by atoms with Gasteiger partial charge in [0, 0.05) is 12.4 Å². The first kappa shape index (κ1) is 17.3. The van der Waals surface area contributed by atoms with Crippen LogP contribution in [0.4, 0.5) is 26.1 Å². The molecule has 26 heavy (non-hydrogen) atoms. The van der Waals surface area contributed by atoms with Gasteiger partial charge in [0.05, 0.1) is 18.4 Å². The lowest BCUT2D eigenvalue weighted by Gasteiger charge is -2.10. The van der Waals surface area contributed by atoms with Crippen molar-refractivity contribution in [1.29, 1.82) is 0 Å². The summed E-state index contributed by atoms with van der Waals surface area (Å²) in [5, 5.41) is 5.13. The van der Waals surface area contributed by atoms with Gasteiger partial charge in [0.2, 0.25) is 5.95 Å². The standard InChI is InChI=1S/C18H14F2N4O2/c1-26-15-8-3-2-7-14(15)23-17(25)11-9-21-18(22-10-11)24-16-12(19)5-4-6-13(16)20/h2-10H,1H3,(H,23,25)(H,21,22,24). The summed E-state index contributed by atoms with van der Waals surface area (Å²) < 4.78 is 32.4. The van der Waals surface area contributed by atoms with Gasteiger partial charge in [0.25, 0.3) is 5.91 Å². The van der Waals surface area contributed by atoms with Crippen molar-refractivity contribution in [2.75, 3.05) is 17.7 Å². The number of anilines is 3. The molecule has 0 saturated heterocycles. The van der Waals surface area contributed by atoms with Gasteiger partial charge < -0.3 is 15.4 Å². The van der Waals surface area contributed by atoms with E-state index in [4.69, 9.17) is 4.74 Å². The highest BCUT2D eigenvalue weighted by Gasteiger charge is 2.12. The highest BCUT2D eigenvalue weighted by Crippen LogP contribution is 2.24. The predicted molar refractivity (Wildman–Crippen MR) is 92.6 cm³/mol. The molecule has 0 spiro atoms. The Morgan fingerprint density at radius 2 is 1.65 bits per heavy atom. The SMILES string of the molecule is COc1ccccc1NC(=O)c1cnc(Nc2c(F)cccc2F)nc1. The molecule has 0 radical (unpaired) electrons. The Balaban J connectivity index is 1.74. The first-order valence-corrected chi connectivity index (χ1v) is 7.56. The summed E-state index contributed by atoms with van der Waals surface area (Å²) in [6.07, 6.45) is 2.50. The number of para-hydroxylation sites is 3. The molecule has 8 heteroatoms. The number of aromatic nitrogens is 2. The van der Waals surface area contributed by atoms with Crippen molar-refractivity contribution < 1.29 is 18.3 Å². The van der Waals surface area contributed by atoms with Gasteiger partial charge >= 0.3 is 0 Å². The molecule has 0 fully saturated rings. The fourth-order valence-electron chi connectivity index (χ4n) is 2.18. The molecule has 1 heterocycles. The van der Waals surface area contributed by atoms with Crippen molar-refractivity contribution in [3.8, 4) is 5.75 Å². The maximum absolute atomic E-state index is 13.6. The maximum Gasteiger partial charge on any atom is 0.258 e. The zero-order valence-corrected chi connectivity index (χ0v) is 13.7. The summed E-state index contributed by atoms with van der Waals surface area (Å²) in [5.74, 6) is -1.52. The summed E-state index contributed by atoms with van der Waals surface area (Å²) >= 11 is 0. The molecule has 6 nitrogen and oxygen atoms in total. The van der Waals surface area contributed by atoms with Crippen LogP contribution in [0.1, 0.15) is 10.4 Å². The smallest absolute Gasteiger partial charge is 0.258 e. The van der Waals surface area contributed by atoms with Gasteiger partial charge in [-0.15, -0.1) is 0 Å². The number of hydrogen-bond acceptors (Lipinski definition) is 5. The average molecular weight is 356 g/mol. The Labute approximate surface area is 147 Å². The van der Waals surface area contributed by atoms with Crippen LogP contribution in [0.2, 0.25) is 0 Å². The van der Waals surface area contributed by atoms with Crippen LogP contribution in [-0.2, 0) is 0 Å². The van der Waals surface area contributed by atoms with Crippen molar-refractivity contribution >= 4 is 23.2 Å². The van der Waals surface area contributed by atoms with Crippen molar-refractivity contribution in [1.82, 2.24) is 9.97 Å². The Morgan fingerprint density at radius 3 is 2.31 bits per heavy atom. The van der Waals surface area contributed by atoms with E-state index in [1.165, 1.54) is 25.6 Å². The molecule has 3 aromatic rings. The quantitative estimate of drug-likeness (QED) is 0.728. The lowest BCUT2D eigenvalue weighted by Crippen LogP contribution is -2.14. The molecule has 0 aliphatic rings. The minimum absolute atomic E-state index is 0.0390. The molecule has 0 aliphatic heterocycles. The Hall–Kier alpha value is -3.55. The van der Waals surface area contributed by atoms with Crippen LogP contribution in [0.15, 0.2) is 54.9 Å². The van der Waals surface area contributed by atoms with E-state index in [2.05, 4.69) is 20.6 Å². The minimum atomic E-state index is -0.772. The Bertz CT molecular complexity index is 912. The molecular formula is C18H14F2N4O2. The van der Waals surface area contributed by atoms with E-state index in [1.54, 1.807) is 24.3 Å². The van der Waals surface area contributed by atoms with Crippen molar-refractivity contribution in [3.63, 3.8) is 0 Å². The van der Waals surface area contributed by atoms with E-state index in [0.717, 1.165) is 12.1 Å². The fraction of sp³-hybridized carbons (Fsp3) is 0.0556. The van der Waals surface area contributed by atoms with Crippen molar-refractivity contribution in [2.45, 2.75) is 0 Å². The van der Waals surface area contributed by atoms with Crippen LogP contribution < -0.4 is 15.4 Å². The summed E-state index contributed by atoms with van der Waals surface area (Å²) in [6.45, 7) is 0. The summed E-state index contributed by atoms with van der Waals surface area (Å²) in [6, 6.07) is 10.4. The van der Waals surface area contributed by atoms with Crippen LogP contribution in [0.5, 0.6) is 5.75 Å². The van der Waals surface area contributed by atoms with Gasteiger partial charge in [-0.25, -0.2) is 18.7 Å². The van der Waals surface area contributed by atoms with Crippen molar-refractivity contribution in [3.05, 3.63) is 72.1 Å². The third-order valence-corrected chi connectivity index (χ3v) is 3.47. The lowest BCUT2D eigenvalue weighted by molar-refractivity contribution is 0.102. The molecule has 0 saturated carbocycles. The molecule has 132 valence electrons. The number of nitrogens with one attached hydrogen (secondary N) is 2. The molecule has 1 amide bonds. The Morgan fingerprint density at radius 1 is 1.00 bits per heavy atom. The molecule has 0 aliphatic carbocycles. The normalized spacial score (nSPS) is 10.3. The van der Waals surface area contributed by atoms with Crippen LogP contribution in [-0.4, -0.2) is 23.0 Å². The van der Waals surface area contributed by atoms with Crippen LogP contribution in [0.3, 0.4) is 0 Å². The van der Waals surface area contributed by atoms with Crippen LogP contribution >= 0.6 is 0 Å². The van der Waals surface area contributed by atoms with E-state index in [9.17, 15) is 13.6 Å². The van der Waals surface area contributed by atoms with E-state index in [1.807, 2.05) is 0 Å². The number of benzene rings is 2. The number of ether oxygens (including phenoxy) is 1. The number of amides is 1. The summed E-state index contributed by atoms with van der Waals surface area (Å²) in [4.78, 5) is 20.1. The number of hydrogen-bond donors (Lipinski definition) is 2. The van der Waals surface area contributed by atoms with Gasteiger partial charge in [-0.1, -0.05) is 18.2 Å². The van der Waals surface area contributed by atoms with Gasteiger partial charge in [-0.2, -0.15) is 0 Å². The minimum Gasteiger partial charge on any atom is -0.495 e. The number of carbonyl (C=O) groups is 1. The number of carbonyl (C=O) groups excluding carboxylic acids is 1. The summed E-state index contributed by atoms with van der Waals surface area (Å²) in [7, 11) is 1.50. The maximum atomic E-state index is 13.6. The number of nitrogens with zero attached hydrogens (tertiary/aromatic N) is 2. The lowest BCUT2D eigenvalue weighted by atomic mass is 10.2. The van der Waals surface area contributed by atoms with Gasteiger partial charge in [-0.3, -0.25) is 4.79 Å². The first-order chi connectivity index (χ1) is 12.6. The molecule has 1 aromatic heterocycles. The van der Waals surface area contributed by atoms with Gasteiger partial charge in [-0.05, 0) is 24.3 Å². The van der Waals surface area contributed by atoms with Gasteiger partial charge in [0.15, 0.2) is 0 Å². The highest BCUT2D eigenvalue weighted by molar-refractivity contribution is 6.04. The number of methoxy groups -OCH3 is 1. The van der Waals surface area contributed by atoms with Crippen LogP contribution in [0, 0.1) is 11.6 Å². The fourth-order valence-corrected chi connectivity index (χ4v) is 2.18. The summed E-state index contributed by atoms with van der Waals surface area (Å²) in [5.41, 5.74) is 0.310. The Kier molecular flexibility index (Phi) is 5.02. The topological polar surface area (TPSA) is 76.1 Å². The predicted octanol–water partition coefficient (Wildman–Crippen LogP) is 3.76. The first-order valence-electron chi connectivity index (χ1n) is 7.56. The third-order valence-electron chi connectivity index (χ3n) is 3.47. The third kappa shape index (κ3) is 3.75. The van der Waals surface area contributed by atoms with Crippen molar-refractivity contribution in [2.24, 2.45) is 0 Å². The molecule has 0 atom stereocenters. The van der Waals surface area contributed by atoms with E-state index in [0.29, 0.717) is 11.4 Å². The molecule has 2 N–H and O–H groups in total. The highest BCUT2D eigenvalue weighted by atomic mass is 19.1.